The van der Waals surface area contributed by atoms with Gasteiger partial charge in [0.05, 0.1) is 11.8 Å². The van der Waals surface area contributed by atoms with Gasteiger partial charge >= 0.3 is 0 Å². The first-order valence-corrected chi connectivity index (χ1v) is 7.26. The maximum Gasteiger partial charge on any atom is 0.244 e. The molecule has 0 aliphatic carbocycles. The van der Waals surface area contributed by atoms with Crippen molar-refractivity contribution in [3.8, 4) is 0 Å². The molecule has 0 spiro atoms. The minimum atomic E-state index is -3.64. The largest absolute Gasteiger partial charge is 0.398 e. The molecule has 0 amide bonds. The Hall–Kier alpha value is -0.820. The zero-order chi connectivity index (χ0) is 13.9. The average Bonchev–Trinajstić information content (AvgIpc) is 2.24. The first-order valence-electron chi connectivity index (χ1n) is 5.44. The number of anilines is 1. The number of nitrogen functional groups attached to an aromatic ring is 1. The molecule has 1 aromatic carbocycles. The van der Waals surface area contributed by atoms with Crippen LogP contribution in [0.15, 0.2) is 23.1 Å². The Morgan fingerprint density at radius 2 is 2.11 bits per heavy atom. The molecule has 3 N–H and O–H groups in total. The second-order valence-electron chi connectivity index (χ2n) is 4.15. The minimum Gasteiger partial charge on any atom is -0.398 e. The first kappa shape index (κ1) is 15.2. The van der Waals surface area contributed by atoms with Crippen molar-refractivity contribution in [3.05, 3.63) is 23.2 Å². The van der Waals surface area contributed by atoms with Crippen molar-refractivity contribution in [1.82, 2.24) is 4.31 Å². The van der Waals surface area contributed by atoms with Crippen LogP contribution in [0.3, 0.4) is 0 Å². The van der Waals surface area contributed by atoms with Crippen molar-refractivity contribution in [2.75, 3.05) is 19.3 Å². The summed E-state index contributed by atoms with van der Waals surface area (Å²) in [7, 11) is -2.19. The van der Waals surface area contributed by atoms with E-state index in [4.69, 9.17) is 22.4 Å². The number of hydrogen-bond acceptors (Lipinski definition) is 4. The van der Waals surface area contributed by atoms with E-state index >= 15 is 0 Å². The summed E-state index contributed by atoms with van der Waals surface area (Å²) < 4.78 is 25.6. The lowest BCUT2D eigenvalue weighted by Gasteiger charge is -2.19. The SMILES string of the molecule is CC(O)CCN(C)S(=O)(=O)c1ccc(Cl)cc1N. The molecule has 0 heterocycles. The molecule has 0 bridgehead atoms. The monoisotopic (exact) mass is 292 g/mol. The van der Waals surface area contributed by atoms with Crippen LogP contribution in [0, 0.1) is 0 Å². The van der Waals surface area contributed by atoms with Crippen LogP contribution in [0.2, 0.25) is 5.02 Å². The van der Waals surface area contributed by atoms with E-state index in [2.05, 4.69) is 0 Å². The number of rotatable bonds is 5. The van der Waals surface area contributed by atoms with Crippen molar-refractivity contribution >= 4 is 27.3 Å². The number of halogens is 1. The number of nitrogens with two attached hydrogens (primary N) is 1. The normalized spacial score (nSPS) is 13.8. The fourth-order valence-electron chi connectivity index (χ4n) is 1.41. The van der Waals surface area contributed by atoms with Gasteiger partial charge in [0.25, 0.3) is 0 Å². The summed E-state index contributed by atoms with van der Waals surface area (Å²) in [5.74, 6) is 0. The van der Waals surface area contributed by atoms with Crippen LogP contribution < -0.4 is 5.73 Å². The maximum absolute atomic E-state index is 12.2. The van der Waals surface area contributed by atoms with E-state index in [1.165, 1.54) is 29.6 Å². The predicted molar refractivity (Wildman–Crippen MR) is 72.0 cm³/mol. The Labute approximate surface area is 112 Å². The Kier molecular flexibility index (Phi) is 4.98. The number of hydrogen-bond donors (Lipinski definition) is 2. The predicted octanol–water partition coefficient (Wildman–Crippen LogP) is 1.31. The summed E-state index contributed by atoms with van der Waals surface area (Å²) in [5.41, 5.74) is 5.78. The number of sulfonamides is 1. The highest BCUT2D eigenvalue weighted by Gasteiger charge is 2.23. The molecule has 7 heteroatoms. The van der Waals surface area contributed by atoms with Gasteiger partial charge in [-0.2, -0.15) is 0 Å². The molecule has 0 aliphatic heterocycles. The lowest BCUT2D eigenvalue weighted by molar-refractivity contribution is 0.177. The van der Waals surface area contributed by atoms with Crippen LogP contribution in [0.1, 0.15) is 13.3 Å². The highest BCUT2D eigenvalue weighted by atomic mass is 35.5. The molecule has 0 aliphatic rings. The van der Waals surface area contributed by atoms with Gasteiger partial charge in [0.15, 0.2) is 0 Å². The van der Waals surface area contributed by atoms with Gasteiger partial charge in [-0.25, -0.2) is 12.7 Å². The van der Waals surface area contributed by atoms with E-state index in [-0.39, 0.29) is 17.1 Å². The molecule has 1 rings (SSSR count). The molecular weight excluding hydrogens is 276 g/mol. The van der Waals surface area contributed by atoms with Gasteiger partial charge in [0.2, 0.25) is 10.0 Å². The first-order chi connectivity index (χ1) is 8.25. The van der Waals surface area contributed by atoms with E-state index < -0.39 is 16.1 Å². The van der Waals surface area contributed by atoms with Gasteiger partial charge in [-0.15, -0.1) is 0 Å². The van der Waals surface area contributed by atoms with Crippen molar-refractivity contribution < 1.29 is 13.5 Å². The van der Waals surface area contributed by atoms with E-state index in [0.717, 1.165) is 0 Å². The van der Waals surface area contributed by atoms with Crippen molar-refractivity contribution in [3.63, 3.8) is 0 Å². The van der Waals surface area contributed by atoms with Gasteiger partial charge in [-0.05, 0) is 31.5 Å². The van der Waals surface area contributed by atoms with Crippen molar-refractivity contribution in [2.45, 2.75) is 24.3 Å². The van der Waals surface area contributed by atoms with E-state index in [1.807, 2.05) is 0 Å². The van der Waals surface area contributed by atoms with Gasteiger partial charge in [0.1, 0.15) is 4.90 Å². The second-order valence-corrected chi connectivity index (χ2v) is 6.60. The minimum absolute atomic E-state index is 0.0278. The van der Waals surface area contributed by atoms with Gasteiger partial charge in [-0.1, -0.05) is 11.6 Å². The van der Waals surface area contributed by atoms with E-state index in [0.29, 0.717) is 11.4 Å². The van der Waals surface area contributed by atoms with Gasteiger partial charge < -0.3 is 10.8 Å². The lowest BCUT2D eigenvalue weighted by atomic mass is 10.3. The van der Waals surface area contributed by atoms with Crippen LogP contribution in [-0.2, 0) is 10.0 Å². The lowest BCUT2D eigenvalue weighted by Crippen LogP contribution is -2.30. The molecule has 1 unspecified atom stereocenters. The summed E-state index contributed by atoms with van der Waals surface area (Å²) in [4.78, 5) is 0.0278. The number of nitrogens with zero attached hydrogens (tertiary/aromatic N) is 1. The Bertz CT molecular complexity index is 517. The van der Waals surface area contributed by atoms with E-state index in [9.17, 15) is 8.42 Å². The molecule has 0 saturated carbocycles. The number of benzene rings is 1. The fourth-order valence-corrected chi connectivity index (χ4v) is 2.87. The third-order valence-electron chi connectivity index (χ3n) is 2.52. The van der Waals surface area contributed by atoms with Crippen molar-refractivity contribution in [1.29, 1.82) is 0 Å². The molecule has 18 heavy (non-hydrogen) atoms. The van der Waals surface area contributed by atoms with Crippen LogP contribution in [-0.4, -0.2) is 37.5 Å². The topological polar surface area (TPSA) is 83.6 Å². The molecule has 0 radical (unpaired) electrons. The number of aliphatic hydroxyl groups is 1. The van der Waals surface area contributed by atoms with Crippen molar-refractivity contribution in [2.24, 2.45) is 0 Å². The number of aliphatic hydroxyl groups excluding tert-OH is 1. The van der Waals surface area contributed by atoms with Crippen LogP contribution in [0.25, 0.3) is 0 Å². The smallest absolute Gasteiger partial charge is 0.244 e. The zero-order valence-electron chi connectivity index (χ0n) is 10.3. The zero-order valence-corrected chi connectivity index (χ0v) is 11.9. The summed E-state index contributed by atoms with van der Waals surface area (Å²) in [6.45, 7) is 1.83. The molecule has 5 nitrogen and oxygen atoms in total. The quantitative estimate of drug-likeness (QED) is 0.802. The molecule has 1 atom stereocenters. The average molecular weight is 293 g/mol. The van der Waals surface area contributed by atoms with Gasteiger partial charge in [0, 0.05) is 18.6 Å². The van der Waals surface area contributed by atoms with Crippen LogP contribution >= 0.6 is 11.6 Å². The summed E-state index contributed by atoms with van der Waals surface area (Å²) in [5, 5.41) is 9.55. The Morgan fingerprint density at radius 3 is 2.61 bits per heavy atom. The Balaban J connectivity index is 2.98. The molecule has 1 aromatic rings. The molecule has 0 fully saturated rings. The highest BCUT2D eigenvalue weighted by molar-refractivity contribution is 7.89. The molecule has 102 valence electrons. The third-order valence-corrected chi connectivity index (χ3v) is 4.69. The van der Waals surface area contributed by atoms with Crippen LogP contribution in [0.4, 0.5) is 5.69 Å². The molecule has 0 aromatic heterocycles. The molecule has 0 saturated heterocycles. The third kappa shape index (κ3) is 3.58. The molecular formula is C11H17ClN2O3S. The van der Waals surface area contributed by atoms with Crippen LogP contribution in [0.5, 0.6) is 0 Å². The summed E-state index contributed by atoms with van der Waals surface area (Å²) in [6.07, 6.45) is -0.186. The second kappa shape index (κ2) is 5.88. The maximum atomic E-state index is 12.2. The van der Waals surface area contributed by atoms with Gasteiger partial charge in [-0.3, -0.25) is 0 Å². The fraction of sp³-hybridized carbons (Fsp3) is 0.455. The standard InChI is InChI=1S/C11H17ClN2O3S/c1-8(15)5-6-14(2)18(16,17)11-4-3-9(12)7-10(11)13/h3-4,7-8,15H,5-6,13H2,1-2H3. The highest BCUT2D eigenvalue weighted by Crippen LogP contribution is 2.24. The summed E-state index contributed by atoms with van der Waals surface area (Å²) >= 11 is 5.73. The Morgan fingerprint density at radius 1 is 1.50 bits per heavy atom. The summed E-state index contributed by atoms with van der Waals surface area (Å²) in [6, 6.07) is 4.26. The van der Waals surface area contributed by atoms with E-state index in [1.54, 1.807) is 6.92 Å².